The van der Waals surface area contributed by atoms with Gasteiger partial charge < -0.3 is 9.32 Å². The van der Waals surface area contributed by atoms with Crippen LogP contribution in [0.1, 0.15) is 5.56 Å². The van der Waals surface area contributed by atoms with Crippen molar-refractivity contribution in [2.24, 2.45) is 0 Å². The molecule has 0 fully saturated rings. The highest BCUT2D eigenvalue weighted by Gasteiger charge is 2.17. The van der Waals surface area contributed by atoms with Crippen LogP contribution in [0.4, 0.5) is 16.4 Å². The lowest BCUT2D eigenvalue weighted by atomic mass is 10.1. The van der Waals surface area contributed by atoms with Gasteiger partial charge in [0.2, 0.25) is 5.71 Å². The minimum absolute atomic E-state index is 0.278. The fraction of sp³-hybridized carbons (Fsp3) is 0.0357. The molecule has 0 N–H and O–H groups in total. The minimum Gasteiger partial charge on any atom is -0.437 e. The zero-order valence-corrected chi connectivity index (χ0v) is 19.5. The molecule has 0 aliphatic carbocycles. The summed E-state index contributed by atoms with van der Waals surface area (Å²) in [4.78, 5) is 24.0. The number of fused-ring (bicyclic) bond motifs is 6. The van der Waals surface area contributed by atoms with E-state index in [-0.39, 0.29) is 5.71 Å². The monoisotopic (exact) mass is 474 g/mol. The molecule has 0 unspecified atom stereocenters. The average Bonchev–Trinajstić information content (AvgIpc) is 3.53. The Bertz CT molecular complexity index is 1940. The van der Waals surface area contributed by atoms with Gasteiger partial charge in [-0.3, -0.25) is 0 Å². The Kier molecular flexibility index (Phi) is 4.28. The molecule has 0 spiro atoms. The van der Waals surface area contributed by atoms with E-state index in [1.807, 2.05) is 48.5 Å². The summed E-state index contributed by atoms with van der Waals surface area (Å²) in [7, 11) is 0. The SMILES string of the molecule is Cc1ccc(N(c2ccc3cc4c(nc(=O)n5c6ccccc6nc45)oc3c2)c2cccs2)cc1. The second-order valence-corrected chi connectivity index (χ2v) is 9.39. The van der Waals surface area contributed by atoms with Crippen LogP contribution in [-0.4, -0.2) is 14.4 Å². The summed E-state index contributed by atoms with van der Waals surface area (Å²) in [5.74, 6) is 0. The van der Waals surface area contributed by atoms with Gasteiger partial charge in [-0.15, -0.1) is 11.3 Å². The summed E-state index contributed by atoms with van der Waals surface area (Å²) < 4.78 is 7.75. The van der Waals surface area contributed by atoms with Crippen molar-refractivity contribution in [3.63, 3.8) is 0 Å². The van der Waals surface area contributed by atoms with Gasteiger partial charge in [-0.05, 0) is 66.9 Å². The van der Waals surface area contributed by atoms with E-state index in [0.29, 0.717) is 16.6 Å². The van der Waals surface area contributed by atoms with Crippen LogP contribution < -0.4 is 10.6 Å². The molecule has 0 aliphatic heterocycles. The fourth-order valence-electron chi connectivity index (χ4n) is 4.52. The number of aryl methyl sites for hydroxylation is 1. The Morgan fingerprint density at radius 3 is 2.54 bits per heavy atom. The Labute approximate surface area is 203 Å². The smallest absolute Gasteiger partial charge is 0.357 e. The first-order valence-corrected chi connectivity index (χ1v) is 12.1. The van der Waals surface area contributed by atoms with Gasteiger partial charge >= 0.3 is 5.69 Å². The third-order valence-corrected chi connectivity index (χ3v) is 7.05. The zero-order chi connectivity index (χ0) is 23.5. The number of hydrogen-bond acceptors (Lipinski definition) is 6. The Balaban J connectivity index is 1.46. The maximum absolute atomic E-state index is 12.9. The van der Waals surface area contributed by atoms with Crippen molar-refractivity contribution in [3.05, 3.63) is 106 Å². The van der Waals surface area contributed by atoms with Crippen molar-refractivity contribution in [1.29, 1.82) is 0 Å². The molecule has 0 saturated heterocycles. The van der Waals surface area contributed by atoms with E-state index < -0.39 is 5.69 Å². The number of thiophene rings is 1. The number of anilines is 3. The molecule has 0 aliphatic rings. The second kappa shape index (κ2) is 7.51. The molecule has 4 heterocycles. The van der Waals surface area contributed by atoms with Gasteiger partial charge in [0.25, 0.3) is 0 Å². The summed E-state index contributed by atoms with van der Waals surface area (Å²) in [6.45, 7) is 2.08. The molecule has 7 heteroatoms. The molecule has 0 bridgehead atoms. The second-order valence-electron chi connectivity index (χ2n) is 8.46. The number of benzene rings is 3. The standard InChI is InChI=1S/C28H18N4O2S/c1-17-8-11-19(12-9-17)31(25-7-4-14-35-25)20-13-10-18-15-21-26-29-22-5-2-3-6-23(22)32(26)28(33)30-27(21)34-24(18)16-20/h2-16H,1H3. The highest BCUT2D eigenvalue weighted by Crippen LogP contribution is 2.39. The lowest BCUT2D eigenvalue weighted by molar-refractivity contribution is 0.641. The highest BCUT2D eigenvalue weighted by atomic mass is 32.1. The number of aromatic nitrogens is 3. The van der Waals surface area contributed by atoms with E-state index in [1.54, 1.807) is 15.7 Å². The van der Waals surface area contributed by atoms with E-state index in [2.05, 4.69) is 58.6 Å². The first-order chi connectivity index (χ1) is 17.2. The van der Waals surface area contributed by atoms with Crippen molar-refractivity contribution in [3.8, 4) is 0 Å². The van der Waals surface area contributed by atoms with Crippen molar-refractivity contribution in [2.45, 2.75) is 6.92 Å². The van der Waals surface area contributed by atoms with E-state index >= 15 is 0 Å². The van der Waals surface area contributed by atoms with Gasteiger partial charge in [-0.25, -0.2) is 14.2 Å². The molecular weight excluding hydrogens is 456 g/mol. The van der Waals surface area contributed by atoms with Crippen LogP contribution in [0.5, 0.6) is 0 Å². The summed E-state index contributed by atoms with van der Waals surface area (Å²) >= 11 is 1.67. The van der Waals surface area contributed by atoms with Crippen LogP contribution in [0.3, 0.4) is 0 Å². The van der Waals surface area contributed by atoms with Gasteiger partial charge in [0, 0.05) is 17.1 Å². The van der Waals surface area contributed by atoms with E-state index in [9.17, 15) is 4.79 Å². The van der Waals surface area contributed by atoms with Crippen molar-refractivity contribution in [2.75, 3.05) is 4.90 Å². The summed E-state index contributed by atoms with van der Waals surface area (Å²) in [6, 6.07) is 28.2. The molecule has 3 aromatic carbocycles. The molecule has 0 amide bonds. The molecule has 35 heavy (non-hydrogen) atoms. The van der Waals surface area contributed by atoms with Gasteiger partial charge in [0.05, 0.1) is 27.1 Å². The van der Waals surface area contributed by atoms with Crippen LogP contribution >= 0.6 is 11.3 Å². The molecule has 4 aromatic heterocycles. The number of hydrogen-bond donors (Lipinski definition) is 0. The molecule has 0 radical (unpaired) electrons. The Hall–Kier alpha value is -4.49. The maximum Gasteiger partial charge on any atom is 0.357 e. The third kappa shape index (κ3) is 3.13. The molecule has 7 rings (SSSR count). The maximum atomic E-state index is 12.9. The lowest BCUT2D eigenvalue weighted by Gasteiger charge is -2.24. The quantitative estimate of drug-likeness (QED) is 0.259. The molecule has 168 valence electrons. The van der Waals surface area contributed by atoms with Crippen molar-refractivity contribution in [1.82, 2.24) is 14.4 Å². The van der Waals surface area contributed by atoms with Crippen LogP contribution in [0.2, 0.25) is 0 Å². The first-order valence-electron chi connectivity index (χ1n) is 11.2. The average molecular weight is 475 g/mol. The summed E-state index contributed by atoms with van der Waals surface area (Å²) in [5, 5.41) is 4.77. The fourth-order valence-corrected chi connectivity index (χ4v) is 5.29. The van der Waals surface area contributed by atoms with Gasteiger partial charge in [-0.1, -0.05) is 29.8 Å². The molecule has 6 nitrogen and oxygen atoms in total. The van der Waals surface area contributed by atoms with Crippen molar-refractivity contribution >= 4 is 66.5 Å². The number of nitrogens with zero attached hydrogens (tertiary/aromatic N) is 4. The highest BCUT2D eigenvalue weighted by molar-refractivity contribution is 7.14. The number of imidazole rings is 1. The largest absolute Gasteiger partial charge is 0.437 e. The summed E-state index contributed by atoms with van der Waals surface area (Å²) in [6.07, 6.45) is 0. The topological polar surface area (TPSA) is 63.6 Å². The molecule has 0 saturated carbocycles. The minimum atomic E-state index is -0.402. The van der Waals surface area contributed by atoms with Crippen LogP contribution in [0.15, 0.2) is 99.5 Å². The van der Waals surface area contributed by atoms with E-state index in [0.717, 1.165) is 32.8 Å². The predicted molar refractivity (Wildman–Crippen MR) is 141 cm³/mol. The normalized spacial score (nSPS) is 11.7. The number of rotatable bonds is 3. The van der Waals surface area contributed by atoms with Crippen LogP contribution in [0, 0.1) is 6.92 Å². The molecule has 7 aromatic rings. The Morgan fingerprint density at radius 2 is 1.71 bits per heavy atom. The van der Waals surface area contributed by atoms with Crippen LogP contribution in [0.25, 0.3) is 38.7 Å². The van der Waals surface area contributed by atoms with E-state index in [4.69, 9.17) is 9.40 Å². The van der Waals surface area contributed by atoms with Crippen molar-refractivity contribution < 1.29 is 4.42 Å². The zero-order valence-electron chi connectivity index (χ0n) is 18.7. The lowest BCUT2D eigenvalue weighted by Crippen LogP contribution is -2.16. The van der Waals surface area contributed by atoms with Gasteiger partial charge in [0.15, 0.2) is 5.65 Å². The Morgan fingerprint density at radius 1 is 0.886 bits per heavy atom. The van der Waals surface area contributed by atoms with Gasteiger partial charge in [0.1, 0.15) is 5.58 Å². The van der Waals surface area contributed by atoms with Gasteiger partial charge in [-0.2, -0.15) is 4.98 Å². The predicted octanol–water partition coefficient (Wildman–Crippen LogP) is 6.98. The summed E-state index contributed by atoms with van der Waals surface area (Å²) in [5.41, 5.74) is 5.79. The van der Waals surface area contributed by atoms with Crippen LogP contribution in [-0.2, 0) is 0 Å². The number of para-hydroxylation sites is 2. The molecule has 0 atom stereocenters. The molecular formula is C28H18N4O2S. The first kappa shape index (κ1) is 19.9. The third-order valence-electron chi connectivity index (χ3n) is 6.20. The van der Waals surface area contributed by atoms with E-state index in [1.165, 1.54) is 5.56 Å².